The molecule has 26 heavy (non-hydrogen) atoms. The summed E-state index contributed by atoms with van der Waals surface area (Å²) >= 11 is 0. The van der Waals surface area contributed by atoms with Crippen molar-refractivity contribution in [1.82, 2.24) is 15.2 Å². The number of furan rings is 1. The lowest BCUT2D eigenvalue weighted by Crippen LogP contribution is -2.39. The lowest BCUT2D eigenvalue weighted by Gasteiger charge is -2.31. The summed E-state index contributed by atoms with van der Waals surface area (Å²) in [7, 11) is 1.69. The third kappa shape index (κ3) is 3.22. The van der Waals surface area contributed by atoms with Gasteiger partial charge in [0.1, 0.15) is 17.4 Å². The normalized spacial score (nSPS) is 15.5. The van der Waals surface area contributed by atoms with Gasteiger partial charge in [-0.2, -0.15) is 13.2 Å². The van der Waals surface area contributed by atoms with Gasteiger partial charge < -0.3 is 14.6 Å². The number of aromatic nitrogens is 1. The van der Waals surface area contributed by atoms with E-state index < -0.39 is 11.7 Å². The standard InChI is InChI=1S/C18H17F3N4O/c1-10-13(17(22)25(3)11(2)23-10)9-12-6-7-14(18(19,20)21)16(24-12)15-5-4-8-26-15/h4-8,22-23H,2,9H2,1,3H3. The van der Waals surface area contributed by atoms with Crippen LogP contribution >= 0.6 is 0 Å². The van der Waals surface area contributed by atoms with Gasteiger partial charge >= 0.3 is 6.18 Å². The van der Waals surface area contributed by atoms with Gasteiger partial charge in [0.25, 0.3) is 0 Å². The average Bonchev–Trinajstić information content (AvgIpc) is 3.10. The van der Waals surface area contributed by atoms with Crippen molar-refractivity contribution in [2.24, 2.45) is 0 Å². The summed E-state index contributed by atoms with van der Waals surface area (Å²) in [6.45, 7) is 5.60. The average molecular weight is 362 g/mol. The van der Waals surface area contributed by atoms with E-state index in [1.165, 1.54) is 24.5 Å². The maximum atomic E-state index is 13.3. The van der Waals surface area contributed by atoms with E-state index in [2.05, 4.69) is 16.9 Å². The van der Waals surface area contributed by atoms with Gasteiger partial charge in [0, 0.05) is 30.4 Å². The third-order valence-corrected chi connectivity index (χ3v) is 4.18. The number of nitrogens with zero attached hydrogens (tertiary/aromatic N) is 2. The van der Waals surface area contributed by atoms with Crippen molar-refractivity contribution in [2.45, 2.75) is 19.5 Å². The van der Waals surface area contributed by atoms with Crippen molar-refractivity contribution < 1.29 is 17.6 Å². The Kier molecular flexibility index (Phi) is 4.35. The fraction of sp³-hybridized carbons (Fsp3) is 0.222. The van der Waals surface area contributed by atoms with Gasteiger partial charge in [0.2, 0.25) is 0 Å². The summed E-state index contributed by atoms with van der Waals surface area (Å²) in [5.74, 6) is 0.840. The Morgan fingerprint density at radius 1 is 1.31 bits per heavy atom. The molecule has 2 N–H and O–H groups in total. The topological polar surface area (TPSA) is 65.2 Å². The van der Waals surface area contributed by atoms with Crippen LogP contribution in [0, 0.1) is 5.41 Å². The van der Waals surface area contributed by atoms with Gasteiger partial charge in [-0.3, -0.25) is 5.41 Å². The molecule has 0 saturated heterocycles. The highest BCUT2D eigenvalue weighted by Crippen LogP contribution is 2.36. The Hall–Kier alpha value is -3.03. The second-order valence-corrected chi connectivity index (χ2v) is 5.93. The quantitative estimate of drug-likeness (QED) is 0.861. The molecule has 0 spiro atoms. The lowest BCUT2D eigenvalue weighted by molar-refractivity contribution is -0.137. The molecule has 0 fully saturated rings. The van der Waals surface area contributed by atoms with Gasteiger partial charge in [0.15, 0.2) is 5.76 Å². The van der Waals surface area contributed by atoms with Crippen LogP contribution in [0.3, 0.4) is 0 Å². The van der Waals surface area contributed by atoms with Gasteiger partial charge in [-0.05, 0) is 31.2 Å². The zero-order valence-corrected chi connectivity index (χ0v) is 14.2. The predicted molar refractivity (Wildman–Crippen MR) is 91.1 cm³/mol. The number of alkyl halides is 3. The number of likely N-dealkylation sites (N-methyl/N-ethyl adjacent to an activating group) is 1. The fourth-order valence-corrected chi connectivity index (χ4v) is 2.72. The number of rotatable bonds is 3. The van der Waals surface area contributed by atoms with Gasteiger partial charge in [-0.25, -0.2) is 4.98 Å². The number of allylic oxidation sites excluding steroid dienone is 1. The summed E-state index contributed by atoms with van der Waals surface area (Å²) in [6, 6.07) is 5.27. The van der Waals surface area contributed by atoms with Crippen molar-refractivity contribution in [2.75, 3.05) is 7.05 Å². The fourth-order valence-electron chi connectivity index (χ4n) is 2.72. The van der Waals surface area contributed by atoms with Crippen molar-refractivity contribution >= 4 is 5.84 Å². The predicted octanol–water partition coefficient (Wildman–Crippen LogP) is 4.16. The number of halogens is 3. The molecule has 1 aliphatic heterocycles. The van der Waals surface area contributed by atoms with E-state index in [0.717, 1.165) is 11.8 Å². The monoisotopic (exact) mass is 362 g/mol. The number of hydrogen-bond donors (Lipinski definition) is 2. The van der Waals surface area contributed by atoms with E-state index in [1.807, 2.05) is 0 Å². The smallest absolute Gasteiger partial charge is 0.418 e. The van der Waals surface area contributed by atoms with Crippen molar-refractivity contribution in [1.29, 1.82) is 5.41 Å². The largest absolute Gasteiger partial charge is 0.463 e. The maximum absolute atomic E-state index is 13.3. The molecule has 0 aromatic carbocycles. The Bertz CT molecular complexity index is 898. The highest BCUT2D eigenvalue weighted by Gasteiger charge is 2.35. The van der Waals surface area contributed by atoms with E-state index in [4.69, 9.17) is 9.83 Å². The second kappa shape index (κ2) is 6.36. The molecule has 136 valence electrons. The molecule has 3 heterocycles. The SMILES string of the molecule is C=C1NC(C)=C(Cc2ccc(C(F)(F)F)c(-c3ccco3)n2)C(=N)N1C. The minimum absolute atomic E-state index is 0.0484. The molecular formula is C18H17F3N4O. The Morgan fingerprint density at radius 3 is 2.65 bits per heavy atom. The first-order valence-corrected chi connectivity index (χ1v) is 7.78. The molecule has 8 heteroatoms. The van der Waals surface area contributed by atoms with Crippen molar-refractivity contribution in [3.8, 4) is 11.5 Å². The zero-order valence-electron chi connectivity index (χ0n) is 14.2. The van der Waals surface area contributed by atoms with E-state index in [9.17, 15) is 13.2 Å². The van der Waals surface area contributed by atoms with Crippen molar-refractivity contribution in [3.05, 3.63) is 65.5 Å². The molecule has 0 saturated carbocycles. The number of amidine groups is 1. The minimum atomic E-state index is -4.54. The summed E-state index contributed by atoms with van der Waals surface area (Å²) in [5, 5.41) is 11.3. The highest BCUT2D eigenvalue weighted by atomic mass is 19.4. The summed E-state index contributed by atoms with van der Waals surface area (Å²) < 4.78 is 45.0. The molecule has 3 rings (SSSR count). The molecule has 0 aliphatic carbocycles. The van der Waals surface area contributed by atoms with Crippen LogP contribution in [0.1, 0.15) is 18.2 Å². The molecular weight excluding hydrogens is 345 g/mol. The Morgan fingerprint density at radius 2 is 2.04 bits per heavy atom. The van der Waals surface area contributed by atoms with Crippen LogP contribution in [0.25, 0.3) is 11.5 Å². The molecule has 5 nitrogen and oxygen atoms in total. The molecule has 0 radical (unpaired) electrons. The first-order chi connectivity index (χ1) is 12.2. The summed E-state index contributed by atoms with van der Waals surface area (Å²) in [6.07, 6.45) is -3.03. The highest BCUT2D eigenvalue weighted by molar-refractivity contribution is 5.98. The van der Waals surface area contributed by atoms with E-state index in [1.54, 1.807) is 18.9 Å². The molecule has 2 aromatic rings. The summed E-state index contributed by atoms with van der Waals surface area (Å²) in [5.41, 5.74) is 0.652. The van der Waals surface area contributed by atoms with E-state index >= 15 is 0 Å². The van der Waals surface area contributed by atoms with Crippen molar-refractivity contribution in [3.63, 3.8) is 0 Å². The third-order valence-electron chi connectivity index (χ3n) is 4.18. The lowest BCUT2D eigenvalue weighted by atomic mass is 10.0. The number of nitrogens with one attached hydrogen (secondary N) is 2. The molecule has 0 amide bonds. The Labute approximate surface area is 148 Å². The van der Waals surface area contributed by atoms with Crippen LogP contribution in [-0.2, 0) is 12.6 Å². The number of pyridine rings is 1. The number of hydrogen-bond acceptors (Lipinski definition) is 4. The molecule has 2 aromatic heterocycles. The zero-order chi connectivity index (χ0) is 19.1. The maximum Gasteiger partial charge on any atom is 0.418 e. The molecule has 0 unspecified atom stereocenters. The second-order valence-electron chi connectivity index (χ2n) is 5.93. The van der Waals surface area contributed by atoms with Crippen LogP contribution in [0.2, 0.25) is 0 Å². The first-order valence-electron chi connectivity index (χ1n) is 7.78. The first kappa shape index (κ1) is 17.8. The Balaban J connectivity index is 2.02. The van der Waals surface area contributed by atoms with Gasteiger partial charge in [0.05, 0.1) is 11.8 Å². The van der Waals surface area contributed by atoms with E-state index in [0.29, 0.717) is 17.1 Å². The minimum Gasteiger partial charge on any atom is -0.463 e. The van der Waals surface area contributed by atoms with Crippen LogP contribution in [-0.4, -0.2) is 22.8 Å². The van der Waals surface area contributed by atoms with Crippen LogP contribution in [0.15, 0.2) is 58.6 Å². The van der Waals surface area contributed by atoms with Crippen LogP contribution < -0.4 is 5.32 Å². The van der Waals surface area contributed by atoms with E-state index in [-0.39, 0.29) is 23.7 Å². The molecule has 1 aliphatic rings. The summed E-state index contributed by atoms with van der Waals surface area (Å²) in [4.78, 5) is 5.74. The molecule has 0 atom stereocenters. The van der Waals surface area contributed by atoms with Gasteiger partial charge in [-0.1, -0.05) is 6.58 Å². The molecule has 0 bridgehead atoms. The van der Waals surface area contributed by atoms with Gasteiger partial charge in [-0.15, -0.1) is 0 Å². The van der Waals surface area contributed by atoms with Crippen LogP contribution in [0.4, 0.5) is 13.2 Å². The van der Waals surface area contributed by atoms with Crippen LogP contribution in [0.5, 0.6) is 0 Å².